The topological polar surface area (TPSA) is 81.3 Å². The van der Waals surface area contributed by atoms with Crippen LogP contribution < -0.4 is 5.73 Å². The average Bonchev–Trinajstić information content (AvgIpc) is 2.51. The number of rotatable bonds is 5. The fourth-order valence-corrected chi connectivity index (χ4v) is 2.90. The summed E-state index contributed by atoms with van der Waals surface area (Å²) in [6, 6.07) is 1.74. The molecule has 1 saturated heterocycles. The summed E-state index contributed by atoms with van der Waals surface area (Å²) in [4.78, 5) is 22.2. The third kappa shape index (κ3) is 5.22. The van der Waals surface area contributed by atoms with Gasteiger partial charge >= 0.3 is 0 Å². The minimum atomic E-state index is 0.0252. The Labute approximate surface area is 132 Å². The predicted octanol–water partition coefficient (Wildman–Crippen LogP) is 1.29. The zero-order valence-electron chi connectivity index (χ0n) is 11.8. The van der Waals surface area contributed by atoms with Crippen molar-refractivity contribution < 1.29 is 9.53 Å². The largest absolute Gasteiger partial charge is 0.384 e. The first-order chi connectivity index (χ1) is 10.2. The van der Waals surface area contributed by atoms with Crippen LogP contribution in [0, 0.1) is 0 Å². The van der Waals surface area contributed by atoms with Crippen LogP contribution in [0.25, 0.3) is 0 Å². The number of amides is 1. The van der Waals surface area contributed by atoms with Gasteiger partial charge in [0.2, 0.25) is 5.91 Å². The van der Waals surface area contributed by atoms with E-state index in [1.807, 2.05) is 12.3 Å². The molecule has 1 aliphatic rings. The van der Waals surface area contributed by atoms with Crippen LogP contribution in [0.4, 0.5) is 5.82 Å². The highest BCUT2D eigenvalue weighted by atomic mass is 32.2. The Morgan fingerprint density at radius 3 is 2.95 bits per heavy atom. The van der Waals surface area contributed by atoms with Crippen LogP contribution in [0.3, 0.4) is 0 Å². The molecule has 0 atom stereocenters. The first kappa shape index (κ1) is 16.1. The molecule has 0 aliphatic carbocycles. The molecule has 1 aliphatic heterocycles. The SMILES string of the molecule is CSc1cc(N)nc(SC/C=C/C(=O)N2CCOCC2)n1. The average molecular weight is 326 g/mol. The van der Waals surface area contributed by atoms with E-state index >= 15 is 0 Å². The molecule has 114 valence electrons. The van der Waals surface area contributed by atoms with Gasteiger partial charge in [0.25, 0.3) is 0 Å². The van der Waals surface area contributed by atoms with Crippen LogP contribution in [-0.4, -0.2) is 59.1 Å². The summed E-state index contributed by atoms with van der Waals surface area (Å²) in [5.41, 5.74) is 5.72. The number of carbonyl (C=O) groups is 1. The Balaban J connectivity index is 1.81. The molecule has 1 amide bonds. The van der Waals surface area contributed by atoms with Crippen LogP contribution in [0.5, 0.6) is 0 Å². The van der Waals surface area contributed by atoms with Crippen molar-refractivity contribution >= 4 is 35.2 Å². The zero-order chi connectivity index (χ0) is 15.1. The maximum Gasteiger partial charge on any atom is 0.246 e. The number of hydrogen-bond donors (Lipinski definition) is 1. The van der Waals surface area contributed by atoms with E-state index in [-0.39, 0.29) is 5.91 Å². The number of hydrogen-bond acceptors (Lipinski definition) is 7. The number of aromatic nitrogens is 2. The predicted molar refractivity (Wildman–Crippen MR) is 85.5 cm³/mol. The van der Waals surface area contributed by atoms with E-state index < -0.39 is 0 Å². The number of carbonyl (C=O) groups excluding carboxylic acids is 1. The molecule has 0 bridgehead atoms. The number of nitrogens with two attached hydrogens (primary N) is 1. The molecule has 0 spiro atoms. The second-order valence-electron chi connectivity index (χ2n) is 4.27. The van der Waals surface area contributed by atoms with E-state index in [0.29, 0.717) is 43.0 Å². The molecule has 0 radical (unpaired) electrons. The Bertz CT molecular complexity index is 519. The van der Waals surface area contributed by atoms with Gasteiger partial charge < -0.3 is 15.4 Å². The molecule has 2 heterocycles. The summed E-state index contributed by atoms with van der Waals surface area (Å²) >= 11 is 2.98. The lowest BCUT2D eigenvalue weighted by Gasteiger charge is -2.25. The van der Waals surface area contributed by atoms with Gasteiger partial charge in [-0.25, -0.2) is 9.97 Å². The molecule has 6 nitrogen and oxygen atoms in total. The Hall–Kier alpha value is -1.25. The van der Waals surface area contributed by atoms with Crippen LogP contribution >= 0.6 is 23.5 Å². The maximum absolute atomic E-state index is 11.9. The number of ether oxygens (including phenoxy) is 1. The third-order valence-corrected chi connectivity index (χ3v) is 4.23. The van der Waals surface area contributed by atoms with E-state index in [0.717, 1.165) is 5.03 Å². The molecule has 1 aromatic heterocycles. The Morgan fingerprint density at radius 1 is 1.48 bits per heavy atom. The van der Waals surface area contributed by atoms with Gasteiger partial charge in [-0.2, -0.15) is 0 Å². The van der Waals surface area contributed by atoms with Crippen molar-refractivity contribution in [2.45, 2.75) is 10.2 Å². The molecule has 0 unspecified atom stereocenters. The minimum Gasteiger partial charge on any atom is -0.384 e. The van der Waals surface area contributed by atoms with E-state index in [9.17, 15) is 4.79 Å². The van der Waals surface area contributed by atoms with Gasteiger partial charge in [0.05, 0.1) is 13.2 Å². The summed E-state index contributed by atoms with van der Waals surface area (Å²) in [7, 11) is 0. The molecule has 2 rings (SSSR count). The van der Waals surface area contributed by atoms with Gasteiger partial charge in [-0.1, -0.05) is 17.8 Å². The van der Waals surface area contributed by atoms with E-state index in [4.69, 9.17) is 10.5 Å². The lowest BCUT2D eigenvalue weighted by molar-refractivity contribution is -0.129. The summed E-state index contributed by atoms with van der Waals surface area (Å²) in [6.45, 7) is 2.54. The molecular formula is C13H18N4O2S2. The normalized spacial score (nSPS) is 15.6. The number of nitrogens with zero attached hydrogens (tertiary/aromatic N) is 3. The molecule has 8 heteroatoms. The second kappa shape index (κ2) is 8.26. The van der Waals surface area contributed by atoms with Crippen LogP contribution in [0.15, 0.2) is 28.4 Å². The lowest BCUT2D eigenvalue weighted by atomic mass is 10.4. The third-order valence-electron chi connectivity index (χ3n) is 2.80. The fraction of sp³-hybridized carbons (Fsp3) is 0.462. The Morgan fingerprint density at radius 2 is 2.24 bits per heavy atom. The summed E-state index contributed by atoms with van der Waals surface area (Å²) < 4.78 is 5.21. The van der Waals surface area contributed by atoms with Crippen LogP contribution in [0.1, 0.15) is 0 Å². The molecule has 21 heavy (non-hydrogen) atoms. The highest BCUT2D eigenvalue weighted by molar-refractivity contribution is 7.99. The maximum atomic E-state index is 11.9. The summed E-state index contributed by atoms with van der Waals surface area (Å²) in [5.74, 6) is 1.12. The minimum absolute atomic E-state index is 0.0252. The number of morpholine rings is 1. The van der Waals surface area contributed by atoms with Crippen molar-refractivity contribution in [3.05, 3.63) is 18.2 Å². The fourth-order valence-electron chi connectivity index (χ4n) is 1.75. The Kier molecular flexibility index (Phi) is 6.34. The standard InChI is InChI=1S/C13H18N4O2S2/c1-20-11-9-10(14)15-13(16-11)21-8-2-3-12(18)17-4-6-19-7-5-17/h2-3,9H,4-8H2,1H3,(H2,14,15,16)/b3-2+. The van der Waals surface area contributed by atoms with Gasteiger partial charge in [-0.15, -0.1) is 11.8 Å². The highest BCUT2D eigenvalue weighted by Crippen LogP contribution is 2.20. The van der Waals surface area contributed by atoms with Gasteiger partial charge in [-0.05, 0) is 12.3 Å². The number of anilines is 1. The van der Waals surface area contributed by atoms with E-state index in [1.165, 1.54) is 23.5 Å². The summed E-state index contributed by atoms with van der Waals surface area (Å²) in [6.07, 6.45) is 5.37. The van der Waals surface area contributed by atoms with Gasteiger partial charge in [0, 0.05) is 24.9 Å². The molecule has 0 aromatic carbocycles. The van der Waals surface area contributed by atoms with Crippen molar-refractivity contribution in [1.29, 1.82) is 0 Å². The summed E-state index contributed by atoms with van der Waals surface area (Å²) in [5, 5.41) is 1.47. The van der Waals surface area contributed by atoms with Gasteiger partial charge in [0.15, 0.2) is 5.16 Å². The highest BCUT2D eigenvalue weighted by Gasteiger charge is 2.13. The van der Waals surface area contributed by atoms with E-state index in [2.05, 4.69) is 9.97 Å². The first-order valence-electron chi connectivity index (χ1n) is 6.53. The van der Waals surface area contributed by atoms with Crippen molar-refractivity contribution in [3.8, 4) is 0 Å². The van der Waals surface area contributed by atoms with E-state index in [1.54, 1.807) is 17.0 Å². The molecule has 2 N–H and O–H groups in total. The molecule has 0 saturated carbocycles. The van der Waals surface area contributed by atoms with Crippen molar-refractivity contribution in [3.63, 3.8) is 0 Å². The van der Waals surface area contributed by atoms with Gasteiger partial charge in [-0.3, -0.25) is 4.79 Å². The zero-order valence-corrected chi connectivity index (χ0v) is 13.5. The lowest BCUT2D eigenvalue weighted by Crippen LogP contribution is -2.39. The smallest absolute Gasteiger partial charge is 0.246 e. The molecule has 1 aromatic rings. The molecule has 1 fully saturated rings. The van der Waals surface area contributed by atoms with Crippen LogP contribution in [-0.2, 0) is 9.53 Å². The number of nitrogen functional groups attached to an aromatic ring is 1. The monoisotopic (exact) mass is 326 g/mol. The number of thioether (sulfide) groups is 2. The second-order valence-corrected chi connectivity index (χ2v) is 6.08. The van der Waals surface area contributed by atoms with Gasteiger partial charge in [0.1, 0.15) is 10.8 Å². The quantitative estimate of drug-likeness (QED) is 0.378. The molecular weight excluding hydrogens is 308 g/mol. The van der Waals surface area contributed by atoms with Crippen LogP contribution in [0.2, 0.25) is 0 Å². The van der Waals surface area contributed by atoms with Crippen molar-refractivity contribution in [2.24, 2.45) is 0 Å². The van der Waals surface area contributed by atoms with Crippen molar-refractivity contribution in [2.75, 3.05) is 44.0 Å². The first-order valence-corrected chi connectivity index (χ1v) is 8.74. The van der Waals surface area contributed by atoms with Crippen molar-refractivity contribution in [1.82, 2.24) is 14.9 Å².